The van der Waals surface area contributed by atoms with Crippen LogP contribution < -0.4 is 0 Å². The van der Waals surface area contributed by atoms with Crippen molar-refractivity contribution in [2.75, 3.05) is 0 Å². The third-order valence-corrected chi connectivity index (χ3v) is 3.82. The number of Topliss-reactive ketones (excluding diaryl/α,β-unsaturated/α-hetero) is 2. The van der Waals surface area contributed by atoms with Gasteiger partial charge in [0.2, 0.25) is 11.6 Å². The Morgan fingerprint density at radius 2 is 2.00 bits per heavy atom. The molecule has 22 heavy (non-hydrogen) atoms. The predicted molar refractivity (Wildman–Crippen MR) is 78.6 cm³/mol. The van der Waals surface area contributed by atoms with E-state index < -0.39 is 11.6 Å². The summed E-state index contributed by atoms with van der Waals surface area (Å²) in [6.45, 7) is 0. The zero-order valence-corrected chi connectivity index (χ0v) is 12.1. The molecule has 0 fully saturated rings. The molecule has 0 unspecified atom stereocenters. The first-order chi connectivity index (χ1) is 10.7. The molecule has 2 heterocycles. The van der Waals surface area contributed by atoms with Crippen molar-refractivity contribution in [2.45, 2.75) is 16.3 Å². The molecule has 0 spiro atoms. The lowest BCUT2D eigenvalue weighted by molar-refractivity contribution is -0.114. The molecule has 3 aromatic rings. The Balaban J connectivity index is 1.64. The Bertz CT molecular complexity index is 783. The van der Waals surface area contributed by atoms with Crippen molar-refractivity contribution in [3.8, 4) is 0 Å². The number of carbonyl (C=O) groups excluding carboxylic acids is 2. The summed E-state index contributed by atoms with van der Waals surface area (Å²) >= 11 is 1.55. The van der Waals surface area contributed by atoms with Crippen molar-refractivity contribution >= 4 is 23.3 Å². The van der Waals surface area contributed by atoms with Crippen molar-refractivity contribution in [3.63, 3.8) is 0 Å². The minimum absolute atomic E-state index is 0.000771. The van der Waals surface area contributed by atoms with Gasteiger partial charge in [0.05, 0.1) is 5.03 Å². The highest BCUT2D eigenvalue weighted by Gasteiger charge is 2.21. The summed E-state index contributed by atoms with van der Waals surface area (Å²) in [7, 11) is 0. The smallest absolute Gasteiger partial charge is 0.269 e. The number of rotatable bonds is 6. The molecule has 1 aromatic carbocycles. The fraction of sp³-hybridized carbons (Fsp3) is 0.0714. The van der Waals surface area contributed by atoms with E-state index in [0.717, 1.165) is 15.5 Å². The highest BCUT2D eigenvalue weighted by molar-refractivity contribution is 7.99. The van der Waals surface area contributed by atoms with Crippen LogP contribution in [0, 0.1) is 0 Å². The number of H-pyrrole nitrogens is 2. The van der Waals surface area contributed by atoms with E-state index in [0.29, 0.717) is 0 Å². The van der Waals surface area contributed by atoms with Gasteiger partial charge in [-0.2, -0.15) is 5.21 Å². The molecule has 0 saturated carbocycles. The Morgan fingerprint density at radius 1 is 1.18 bits per heavy atom. The van der Waals surface area contributed by atoms with Gasteiger partial charge in [0.1, 0.15) is 0 Å². The third-order valence-electron chi connectivity index (χ3n) is 2.85. The largest absolute Gasteiger partial charge is 0.356 e. The maximum Gasteiger partial charge on any atom is 0.269 e. The lowest BCUT2D eigenvalue weighted by Crippen LogP contribution is -2.18. The van der Waals surface area contributed by atoms with Gasteiger partial charge in [-0.25, -0.2) is 0 Å². The number of carbonyl (C=O) groups is 2. The van der Waals surface area contributed by atoms with Crippen molar-refractivity contribution in [2.24, 2.45) is 0 Å². The SMILES string of the molecule is O=C(Cc1c[nH]c(Sc2ccccc2)c1)C(=O)c1nn[nH]n1. The Kier molecular flexibility index (Phi) is 4.10. The average Bonchev–Trinajstić information content (AvgIpc) is 3.19. The van der Waals surface area contributed by atoms with Gasteiger partial charge in [-0.3, -0.25) is 9.59 Å². The van der Waals surface area contributed by atoms with Crippen LogP contribution in [-0.2, 0) is 11.2 Å². The number of aromatic nitrogens is 5. The number of nitrogens with zero attached hydrogens (tertiary/aromatic N) is 3. The van der Waals surface area contributed by atoms with Crippen LogP contribution in [0.25, 0.3) is 0 Å². The van der Waals surface area contributed by atoms with Gasteiger partial charge in [0.15, 0.2) is 0 Å². The van der Waals surface area contributed by atoms with Gasteiger partial charge in [-0.15, -0.1) is 10.2 Å². The first kappa shape index (κ1) is 14.2. The normalized spacial score (nSPS) is 10.5. The number of nitrogens with one attached hydrogen (secondary N) is 2. The molecular formula is C14H11N5O2S. The summed E-state index contributed by atoms with van der Waals surface area (Å²) < 4.78 is 0. The van der Waals surface area contributed by atoms with Gasteiger partial charge in [0.25, 0.3) is 5.78 Å². The standard InChI is InChI=1S/C14H11N5O2S/c20-11(13(21)14-16-18-19-17-14)6-9-7-12(15-8-9)22-10-4-2-1-3-5-10/h1-5,7-8,15H,6H2,(H,16,17,18,19). The van der Waals surface area contributed by atoms with E-state index >= 15 is 0 Å². The Morgan fingerprint density at radius 3 is 2.73 bits per heavy atom. The van der Waals surface area contributed by atoms with Gasteiger partial charge in [0, 0.05) is 17.5 Å². The van der Waals surface area contributed by atoms with Crippen LogP contribution in [0.3, 0.4) is 0 Å². The van der Waals surface area contributed by atoms with E-state index in [1.807, 2.05) is 36.4 Å². The molecule has 0 saturated heterocycles. The Hall–Kier alpha value is -2.74. The Labute approximate surface area is 129 Å². The topological polar surface area (TPSA) is 104 Å². The number of tetrazole rings is 1. The second-order valence-electron chi connectivity index (χ2n) is 4.45. The van der Waals surface area contributed by atoms with Crippen molar-refractivity contribution in [3.05, 3.63) is 54.0 Å². The van der Waals surface area contributed by atoms with E-state index in [1.54, 1.807) is 18.0 Å². The first-order valence-corrected chi connectivity index (χ1v) is 7.25. The lowest BCUT2D eigenvalue weighted by atomic mass is 10.1. The van der Waals surface area contributed by atoms with Crippen LogP contribution in [0.4, 0.5) is 0 Å². The van der Waals surface area contributed by atoms with Crippen LogP contribution in [0.2, 0.25) is 0 Å². The summed E-state index contributed by atoms with van der Waals surface area (Å²) in [4.78, 5) is 27.8. The second-order valence-corrected chi connectivity index (χ2v) is 5.57. The number of hydrogen-bond donors (Lipinski definition) is 2. The highest BCUT2D eigenvalue weighted by atomic mass is 32.2. The van der Waals surface area contributed by atoms with Crippen LogP contribution in [-0.4, -0.2) is 37.2 Å². The number of hydrogen-bond acceptors (Lipinski definition) is 6. The molecule has 0 aliphatic carbocycles. The third kappa shape index (κ3) is 3.29. The number of aromatic amines is 2. The van der Waals surface area contributed by atoms with Gasteiger partial charge >= 0.3 is 0 Å². The second kappa shape index (κ2) is 6.35. The minimum atomic E-state index is -0.743. The summed E-state index contributed by atoms with van der Waals surface area (Å²) in [6.07, 6.45) is 1.71. The van der Waals surface area contributed by atoms with E-state index in [9.17, 15) is 9.59 Å². The fourth-order valence-corrected chi connectivity index (χ4v) is 2.72. The zero-order chi connectivity index (χ0) is 15.4. The molecule has 8 heteroatoms. The molecular weight excluding hydrogens is 302 g/mol. The molecule has 0 aliphatic rings. The van der Waals surface area contributed by atoms with Gasteiger partial charge in [-0.05, 0) is 29.0 Å². The van der Waals surface area contributed by atoms with Crippen molar-refractivity contribution in [1.29, 1.82) is 0 Å². The molecule has 0 bridgehead atoms. The van der Waals surface area contributed by atoms with Crippen LogP contribution in [0.1, 0.15) is 16.2 Å². The highest BCUT2D eigenvalue weighted by Crippen LogP contribution is 2.26. The van der Waals surface area contributed by atoms with Gasteiger partial charge < -0.3 is 4.98 Å². The molecule has 7 nitrogen and oxygen atoms in total. The van der Waals surface area contributed by atoms with Crippen LogP contribution in [0.15, 0.2) is 52.5 Å². The maximum atomic E-state index is 11.9. The van der Waals surface area contributed by atoms with E-state index in [-0.39, 0.29) is 12.2 Å². The van der Waals surface area contributed by atoms with E-state index in [1.165, 1.54) is 0 Å². The quantitative estimate of drug-likeness (QED) is 0.530. The first-order valence-electron chi connectivity index (χ1n) is 6.43. The molecule has 3 rings (SSSR count). The fourth-order valence-electron chi connectivity index (χ4n) is 1.84. The molecule has 2 N–H and O–H groups in total. The van der Waals surface area contributed by atoms with Crippen LogP contribution in [0.5, 0.6) is 0 Å². The molecule has 0 radical (unpaired) electrons. The van der Waals surface area contributed by atoms with Crippen LogP contribution >= 0.6 is 11.8 Å². The summed E-state index contributed by atoms with van der Waals surface area (Å²) in [6, 6.07) is 11.7. The molecule has 110 valence electrons. The predicted octanol–water partition coefficient (Wildman–Crippen LogP) is 1.67. The maximum absolute atomic E-state index is 11.9. The van der Waals surface area contributed by atoms with Gasteiger partial charge in [-0.1, -0.05) is 30.0 Å². The monoisotopic (exact) mass is 313 g/mol. The number of ketones is 2. The minimum Gasteiger partial charge on any atom is -0.356 e. The summed E-state index contributed by atoms with van der Waals surface area (Å²) in [5, 5.41) is 13.3. The summed E-state index contributed by atoms with van der Waals surface area (Å²) in [5.41, 5.74) is 0.736. The number of benzene rings is 1. The molecule has 0 atom stereocenters. The lowest BCUT2D eigenvalue weighted by Gasteiger charge is -1.97. The zero-order valence-electron chi connectivity index (χ0n) is 11.3. The summed E-state index contributed by atoms with van der Waals surface area (Å²) in [5.74, 6) is -1.52. The molecule has 2 aromatic heterocycles. The van der Waals surface area contributed by atoms with E-state index in [2.05, 4.69) is 25.6 Å². The molecule has 0 aliphatic heterocycles. The van der Waals surface area contributed by atoms with Crippen molar-refractivity contribution < 1.29 is 9.59 Å². The average molecular weight is 313 g/mol. The van der Waals surface area contributed by atoms with Crippen molar-refractivity contribution in [1.82, 2.24) is 25.6 Å². The molecule has 0 amide bonds. The van der Waals surface area contributed by atoms with E-state index in [4.69, 9.17) is 0 Å².